The SMILES string of the molecule is CC(C)NC(=O)CSc1c(Cl)cc(N)cc1C(=O)O. The maximum Gasteiger partial charge on any atom is 0.336 e. The fraction of sp³-hybridized carbons (Fsp3) is 0.333. The number of carboxylic acids is 1. The van der Waals surface area contributed by atoms with Crippen LogP contribution in [-0.4, -0.2) is 28.8 Å². The number of carbonyl (C=O) groups is 2. The van der Waals surface area contributed by atoms with Crippen molar-refractivity contribution in [1.29, 1.82) is 0 Å². The molecule has 0 heterocycles. The summed E-state index contributed by atoms with van der Waals surface area (Å²) in [5.74, 6) is -1.20. The minimum Gasteiger partial charge on any atom is -0.478 e. The molecule has 0 aliphatic carbocycles. The Morgan fingerprint density at radius 1 is 1.47 bits per heavy atom. The van der Waals surface area contributed by atoms with Crippen molar-refractivity contribution in [3.63, 3.8) is 0 Å². The molecule has 1 amide bonds. The summed E-state index contributed by atoms with van der Waals surface area (Å²) >= 11 is 7.05. The van der Waals surface area contributed by atoms with Gasteiger partial charge in [0.15, 0.2) is 0 Å². The lowest BCUT2D eigenvalue weighted by molar-refractivity contribution is -0.119. The van der Waals surface area contributed by atoms with Gasteiger partial charge in [0.2, 0.25) is 5.91 Å². The molecule has 1 rings (SSSR count). The Kier molecular flexibility index (Phi) is 5.50. The molecule has 5 nitrogen and oxygen atoms in total. The van der Waals surface area contributed by atoms with E-state index in [9.17, 15) is 9.59 Å². The number of thioether (sulfide) groups is 1. The van der Waals surface area contributed by atoms with Crippen molar-refractivity contribution in [2.24, 2.45) is 0 Å². The minimum absolute atomic E-state index is 0.00680. The number of anilines is 1. The Balaban J connectivity index is 2.89. The van der Waals surface area contributed by atoms with Gasteiger partial charge in [0.1, 0.15) is 0 Å². The number of nitrogens with one attached hydrogen (secondary N) is 1. The van der Waals surface area contributed by atoms with Gasteiger partial charge in [-0.1, -0.05) is 11.6 Å². The Morgan fingerprint density at radius 3 is 2.63 bits per heavy atom. The second-order valence-electron chi connectivity index (χ2n) is 4.20. The molecule has 0 fully saturated rings. The number of carbonyl (C=O) groups excluding carboxylic acids is 1. The summed E-state index contributed by atoms with van der Waals surface area (Å²) in [6.07, 6.45) is 0. The molecular formula is C12H15ClN2O3S. The molecule has 19 heavy (non-hydrogen) atoms. The lowest BCUT2D eigenvalue weighted by Crippen LogP contribution is -2.31. The third-order valence-corrected chi connectivity index (χ3v) is 3.64. The topological polar surface area (TPSA) is 92.4 Å². The van der Waals surface area contributed by atoms with Crippen LogP contribution >= 0.6 is 23.4 Å². The number of hydrogen-bond donors (Lipinski definition) is 3. The van der Waals surface area contributed by atoms with Crippen molar-refractivity contribution in [3.8, 4) is 0 Å². The first-order chi connectivity index (χ1) is 8.81. The first-order valence-electron chi connectivity index (χ1n) is 5.55. The third-order valence-electron chi connectivity index (χ3n) is 2.09. The highest BCUT2D eigenvalue weighted by molar-refractivity contribution is 8.00. The van der Waals surface area contributed by atoms with Crippen LogP contribution in [0.3, 0.4) is 0 Å². The second kappa shape index (κ2) is 6.68. The van der Waals surface area contributed by atoms with Crippen LogP contribution in [0.25, 0.3) is 0 Å². The summed E-state index contributed by atoms with van der Waals surface area (Å²) < 4.78 is 0. The lowest BCUT2D eigenvalue weighted by Gasteiger charge is -2.11. The van der Waals surface area contributed by atoms with E-state index in [0.717, 1.165) is 11.8 Å². The number of aromatic carboxylic acids is 1. The van der Waals surface area contributed by atoms with Crippen molar-refractivity contribution in [2.45, 2.75) is 24.8 Å². The Hall–Kier alpha value is -1.40. The number of nitrogens with two attached hydrogens (primary N) is 1. The monoisotopic (exact) mass is 302 g/mol. The molecular weight excluding hydrogens is 288 g/mol. The van der Waals surface area contributed by atoms with Crippen LogP contribution in [0.4, 0.5) is 5.69 Å². The van der Waals surface area contributed by atoms with Crippen molar-refractivity contribution < 1.29 is 14.7 Å². The molecule has 0 unspecified atom stereocenters. The highest BCUT2D eigenvalue weighted by Crippen LogP contribution is 2.33. The van der Waals surface area contributed by atoms with Gasteiger partial charge in [0.05, 0.1) is 16.3 Å². The number of carboxylic acid groups (broad SMARTS) is 1. The lowest BCUT2D eigenvalue weighted by atomic mass is 10.2. The van der Waals surface area contributed by atoms with E-state index in [1.165, 1.54) is 12.1 Å². The normalized spacial score (nSPS) is 10.5. The molecule has 1 aromatic rings. The van der Waals surface area contributed by atoms with Crippen LogP contribution in [0.1, 0.15) is 24.2 Å². The number of hydrogen-bond acceptors (Lipinski definition) is 4. The summed E-state index contributed by atoms with van der Waals surface area (Å²) in [5, 5.41) is 12.1. The van der Waals surface area contributed by atoms with Crippen LogP contribution in [0.15, 0.2) is 17.0 Å². The van der Waals surface area contributed by atoms with E-state index in [1.807, 2.05) is 13.8 Å². The number of halogens is 1. The summed E-state index contributed by atoms with van der Waals surface area (Å²) in [5.41, 5.74) is 5.83. The van der Waals surface area contributed by atoms with Gasteiger partial charge in [-0.2, -0.15) is 0 Å². The fourth-order valence-corrected chi connectivity index (χ4v) is 2.67. The van der Waals surface area contributed by atoms with Crippen molar-refractivity contribution in [2.75, 3.05) is 11.5 Å². The minimum atomic E-state index is -1.12. The van der Waals surface area contributed by atoms with E-state index in [0.29, 0.717) is 4.90 Å². The van der Waals surface area contributed by atoms with Gasteiger partial charge in [-0.25, -0.2) is 4.79 Å². The van der Waals surface area contributed by atoms with Gasteiger partial charge in [0, 0.05) is 16.6 Å². The molecule has 1 aromatic carbocycles. The first kappa shape index (κ1) is 15.7. The van der Waals surface area contributed by atoms with Crippen LogP contribution in [-0.2, 0) is 4.79 Å². The summed E-state index contributed by atoms with van der Waals surface area (Å²) in [7, 11) is 0. The number of amides is 1. The van der Waals surface area contributed by atoms with Crippen molar-refractivity contribution in [3.05, 3.63) is 22.7 Å². The second-order valence-corrected chi connectivity index (χ2v) is 5.59. The number of nitrogen functional groups attached to an aromatic ring is 1. The number of rotatable bonds is 5. The Morgan fingerprint density at radius 2 is 2.11 bits per heavy atom. The number of benzene rings is 1. The van der Waals surface area contributed by atoms with Crippen molar-refractivity contribution in [1.82, 2.24) is 5.32 Å². The van der Waals surface area contributed by atoms with Crippen LogP contribution < -0.4 is 11.1 Å². The van der Waals surface area contributed by atoms with Crippen LogP contribution in [0.5, 0.6) is 0 Å². The van der Waals surface area contributed by atoms with Crippen LogP contribution in [0.2, 0.25) is 5.02 Å². The van der Waals surface area contributed by atoms with Gasteiger partial charge in [0.25, 0.3) is 0 Å². The predicted octanol–water partition coefficient (Wildman–Crippen LogP) is 2.24. The fourth-order valence-electron chi connectivity index (χ4n) is 1.42. The van der Waals surface area contributed by atoms with E-state index in [2.05, 4.69) is 5.32 Å². The van der Waals surface area contributed by atoms with Gasteiger partial charge in [-0.15, -0.1) is 11.8 Å². The highest BCUT2D eigenvalue weighted by atomic mass is 35.5. The average Bonchev–Trinajstić information content (AvgIpc) is 2.25. The third kappa shape index (κ3) is 4.65. The molecule has 0 aromatic heterocycles. The van der Waals surface area contributed by atoms with Crippen LogP contribution in [0, 0.1) is 0 Å². The molecule has 0 aliphatic heterocycles. The van der Waals surface area contributed by atoms with Gasteiger partial charge in [-0.3, -0.25) is 4.79 Å². The van der Waals surface area contributed by atoms with Gasteiger partial charge >= 0.3 is 5.97 Å². The molecule has 0 saturated heterocycles. The highest BCUT2D eigenvalue weighted by Gasteiger charge is 2.16. The predicted molar refractivity (Wildman–Crippen MR) is 76.8 cm³/mol. The summed E-state index contributed by atoms with van der Waals surface area (Å²) in [6, 6.07) is 2.84. The average molecular weight is 303 g/mol. The van der Waals surface area contributed by atoms with Crippen molar-refractivity contribution >= 4 is 40.9 Å². The van der Waals surface area contributed by atoms with E-state index in [1.54, 1.807) is 0 Å². The standard InChI is InChI=1S/C12H15ClN2O3S/c1-6(2)15-10(16)5-19-11-8(12(17)18)3-7(14)4-9(11)13/h3-4,6H,5,14H2,1-2H3,(H,15,16)(H,17,18). The van der Waals surface area contributed by atoms with E-state index < -0.39 is 5.97 Å². The quantitative estimate of drug-likeness (QED) is 0.573. The summed E-state index contributed by atoms with van der Waals surface area (Å²) in [6.45, 7) is 3.70. The zero-order valence-corrected chi connectivity index (χ0v) is 12.1. The van der Waals surface area contributed by atoms with Gasteiger partial charge in [-0.05, 0) is 26.0 Å². The molecule has 7 heteroatoms. The zero-order valence-electron chi connectivity index (χ0n) is 10.6. The zero-order chi connectivity index (χ0) is 14.6. The van der Waals surface area contributed by atoms with E-state index >= 15 is 0 Å². The molecule has 0 spiro atoms. The molecule has 0 saturated carbocycles. The molecule has 0 radical (unpaired) electrons. The van der Waals surface area contributed by atoms with E-state index in [4.69, 9.17) is 22.4 Å². The Bertz CT molecular complexity index is 506. The van der Waals surface area contributed by atoms with E-state index in [-0.39, 0.29) is 34.0 Å². The first-order valence-corrected chi connectivity index (χ1v) is 6.92. The molecule has 4 N–H and O–H groups in total. The maximum atomic E-state index is 11.5. The molecule has 0 atom stereocenters. The molecule has 0 bridgehead atoms. The van der Waals surface area contributed by atoms with Gasteiger partial charge < -0.3 is 16.2 Å². The molecule has 104 valence electrons. The smallest absolute Gasteiger partial charge is 0.336 e. The maximum absolute atomic E-state index is 11.5. The molecule has 0 aliphatic rings. The largest absolute Gasteiger partial charge is 0.478 e. The Labute approximate surface area is 120 Å². The summed E-state index contributed by atoms with van der Waals surface area (Å²) in [4.78, 5) is 23.0.